The summed E-state index contributed by atoms with van der Waals surface area (Å²) in [4.78, 5) is 24.3. The van der Waals surface area contributed by atoms with Gasteiger partial charge >= 0.3 is 0 Å². The summed E-state index contributed by atoms with van der Waals surface area (Å²) >= 11 is 1.29. The molecule has 0 aliphatic carbocycles. The molecule has 7 heteroatoms. The Balaban J connectivity index is 2.10. The van der Waals surface area contributed by atoms with Gasteiger partial charge in [-0.1, -0.05) is 30.8 Å². The van der Waals surface area contributed by atoms with Gasteiger partial charge in [-0.2, -0.15) is 4.98 Å². The van der Waals surface area contributed by atoms with Gasteiger partial charge in [0.15, 0.2) is 5.16 Å². The van der Waals surface area contributed by atoms with Gasteiger partial charge in [0.1, 0.15) is 6.33 Å². The van der Waals surface area contributed by atoms with Gasteiger partial charge in [-0.25, -0.2) is 9.97 Å². The average Bonchev–Trinajstić information content (AvgIpc) is 2.48. The van der Waals surface area contributed by atoms with Crippen LogP contribution in [0.1, 0.15) is 24.5 Å². The van der Waals surface area contributed by atoms with E-state index in [9.17, 15) is 4.79 Å². The smallest absolute Gasteiger partial charge is 0.237 e. The fraction of sp³-hybridized carbons (Fsp3) is 0.333. The molecule has 0 saturated heterocycles. The minimum Gasteiger partial charge on any atom is -0.368 e. The maximum atomic E-state index is 12.5. The van der Waals surface area contributed by atoms with Crippen molar-refractivity contribution in [2.45, 2.75) is 37.6 Å². The van der Waals surface area contributed by atoms with Crippen LogP contribution in [0.25, 0.3) is 0 Å². The van der Waals surface area contributed by atoms with E-state index in [4.69, 9.17) is 5.73 Å². The highest BCUT2D eigenvalue weighted by molar-refractivity contribution is 8.00. The zero-order valence-electron chi connectivity index (χ0n) is 12.8. The second-order valence-electron chi connectivity index (χ2n) is 4.95. The molecular weight excluding hydrogens is 298 g/mol. The third kappa shape index (κ3) is 4.17. The second-order valence-corrected chi connectivity index (χ2v) is 6.12. The Bertz CT molecular complexity index is 677. The van der Waals surface area contributed by atoms with Crippen molar-refractivity contribution >= 4 is 29.3 Å². The number of anilines is 2. The minimum atomic E-state index is -0.290. The van der Waals surface area contributed by atoms with E-state index >= 15 is 0 Å². The van der Waals surface area contributed by atoms with Crippen LogP contribution in [-0.2, 0) is 4.79 Å². The number of nitrogens with zero attached hydrogens (tertiary/aromatic N) is 3. The highest BCUT2D eigenvalue weighted by Gasteiger charge is 2.20. The number of hydrogen-bond acceptors (Lipinski definition) is 6. The summed E-state index contributed by atoms with van der Waals surface area (Å²) in [5.41, 5.74) is 8.50. The van der Waals surface area contributed by atoms with Crippen LogP contribution in [-0.4, -0.2) is 26.1 Å². The number of nitrogen functional groups attached to an aromatic ring is 1. The van der Waals surface area contributed by atoms with Gasteiger partial charge in [0.05, 0.1) is 5.25 Å². The summed E-state index contributed by atoms with van der Waals surface area (Å²) in [6.07, 6.45) is 2.01. The first-order chi connectivity index (χ1) is 10.5. The molecule has 0 saturated carbocycles. The quantitative estimate of drug-likeness (QED) is 0.823. The lowest BCUT2D eigenvalue weighted by Crippen LogP contribution is -2.25. The summed E-state index contributed by atoms with van der Waals surface area (Å²) in [7, 11) is 0. The third-order valence-electron chi connectivity index (χ3n) is 3.13. The normalized spacial score (nSPS) is 12.0. The monoisotopic (exact) mass is 317 g/mol. The standard InChI is InChI=1S/C15H19N5OS/c1-4-12(22-15-18-8-17-14(16)20-15)13(21)19-11-7-9(2)5-6-10(11)3/h5-8,12H,4H2,1-3H3,(H,19,21)(H2,16,17,18,20). The Morgan fingerprint density at radius 3 is 2.82 bits per heavy atom. The molecule has 1 atom stereocenters. The first-order valence-electron chi connectivity index (χ1n) is 6.99. The lowest BCUT2D eigenvalue weighted by Gasteiger charge is -2.15. The van der Waals surface area contributed by atoms with Crippen molar-refractivity contribution in [3.8, 4) is 0 Å². The molecular formula is C15H19N5OS. The number of carbonyl (C=O) groups excluding carboxylic acids is 1. The number of rotatable bonds is 5. The first-order valence-corrected chi connectivity index (χ1v) is 7.87. The van der Waals surface area contributed by atoms with Gasteiger partial charge in [0.25, 0.3) is 0 Å². The molecule has 1 heterocycles. The van der Waals surface area contributed by atoms with Crippen molar-refractivity contribution in [2.24, 2.45) is 0 Å². The zero-order chi connectivity index (χ0) is 16.1. The predicted octanol–water partition coefficient (Wildman–Crippen LogP) is 2.58. The second kappa shape index (κ2) is 7.22. The maximum Gasteiger partial charge on any atom is 0.237 e. The van der Waals surface area contributed by atoms with Crippen molar-refractivity contribution in [2.75, 3.05) is 11.1 Å². The predicted molar refractivity (Wildman–Crippen MR) is 88.7 cm³/mol. The number of nitrogens with one attached hydrogen (secondary N) is 1. The van der Waals surface area contributed by atoms with Crippen molar-refractivity contribution < 1.29 is 4.79 Å². The summed E-state index contributed by atoms with van der Waals surface area (Å²) in [5, 5.41) is 3.14. The van der Waals surface area contributed by atoms with Crippen molar-refractivity contribution in [1.29, 1.82) is 0 Å². The summed E-state index contributed by atoms with van der Waals surface area (Å²) in [6.45, 7) is 5.91. The van der Waals surface area contributed by atoms with E-state index in [0.717, 1.165) is 16.8 Å². The van der Waals surface area contributed by atoms with E-state index in [1.165, 1.54) is 18.1 Å². The maximum absolute atomic E-state index is 12.5. The molecule has 0 aliphatic rings. The van der Waals surface area contributed by atoms with E-state index in [-0.39, 0.29) is 17.1 Å². The Hall–Kier alpha value is -2.15. The third-order valence-corrected chi connectivity index (χ3v) is 4.37. The van der Waals surface area contributed by atoms with Crippen LogP contribution in [0.2, 0.25) is 0 Å². The average molecular weight is 317 g/mol. The molecule has 22 heavy (non-hydrogen) atoms. The molecule has 0 radical (unpaired) electrons. The van der Waals surface area contributed by atoms with Crippen molar-refractivity contribution in [1.82, 2.24) is 15.0 Å². The summed E-state index contributed by atoms with van der Waals surface area (Å²) < 4.78 is 0. The number of aryl methyl sites for hydroxylation is 2. The van der Waals surface area contributed by atoms with E-state index in [0.29, 0.717) is 11.6 Å². The van der Waals surface area contributed by atoms with Crippen LogP contribution in [0.3, 0.4) is 0 Å². The fourth-order valence-corrected chi connectivity index (χ4v) is 2.72. The van der Waals surface area contributed by atoms with Crippen molar-refractivity contribution in [3.05, 3.63) is 35.7 Å². The van der Waals surface area contributed by atoms with Crippen LogP contribution in [0.4, 0.5) is 11.6 Å². The lowest BCUT2D eigenvalue weighted by molar-refractivity contribution is -0.115. The van der Waals surface area contributed by atoms with Crippen LogP contribution in [0.5, 0.6) is 0 Å². The minimum absolute atomic E-state index is 0.0693. The van der Waals surface area contributed by atoms with Gasteiger partial charge in [-0.15, -0.1) is 0 Å². The Morgan fingerprint density at radius 2 is 2.14 bits per heavy atom. The molecule has 2 aromatic rings. The molecule has 1 amide bonds. The highest BCUT2D eigenvalue weighted by atomic mass is 32.2. The van der Waals surface area contributed by atoms with Crippen molar-refractivity contribution in [3.63, 3.8) is 0 Å². The number of hydrogen-bond donors (Lipinski definition) is 2. The van der Waals surface area contributed by atoms with E-state index < -0.39 is 0 Å². The van der Waals surface area contributed by atoms with E-state index in [2.05, 4.69) is 20.3 Å². The van der Waals surface area contributed by atoms with Gasteiger partial charge in [-0.05, 0) is 37.5 Å². The molecule has 0 bridgehead atoms. The fourth-order valence-electron chi connectivity index (χ4n) is 1.88. The molecule has 2 rings (SSSR count). The Kier molecular flexibility index (Phi) is 5.32. The largest absolute Gasteiger partial charge is 0.368 e. The number of nitrogens with two attached hydrogens (primary N) is 1. The summed E-state index contributed by atoms with van der Waals surface area (Å²) in [5.74, 6) is 0.0856. The molecule has 3 N–H and O–H groups in total. The van der Waals surface area contributed by atoms with E-state index in [1.54, 1.807) is 0 Å². The van der Waals surface area contributed by atoms with Crippen LogP contribution in [0.15, 0.2) is 29.7 Å². The highest BCUT2D eigenvalue weighted by Crippen LogP contribution is 2.24. The van der Waals surface area contributed by atoms with Crippen LogP contribution < -0.4 is 11.1 Å². The molecule has 1 unspecified atom stereocenters. The molecule has 0 fully saturated rings. The zero-order valence-corrected chi connectivity index (χ0v) is 13.6. The van der Waals surface area contributed by atoms with Gasteiger partial charge < -0.3 is 11.1 Å². The molecule has 1 aromatic carbocycles. The lowest BCUT2D eigenvalue weighted by atomic mass is 10.1. The summed E-state index contributed by atoms with van der Waals surface area (Å²) in [6, 6.07) is 5.97. The van der Waals surface area contributed by atoms with Crippen LogP contribution in [0, 0.1) is 13.8 Å². The Labute approximate surface area is 134 Å². The SMILES string of the molecule is CCC(Sc1ncnc(N)n1)C(=O)Nc1cc(C)ccc1C. The van der Waals surface area contributed by atoms with Gasteiger partial charge in [-0.3, -0.25) is 4.79 Å². The molecule has 6 nitrogen and oxygen atoms in total. The number of amides is 1. The van der Waals surface area contributed by atoms with Gasteiger partial charge in [0, 0.05) is 5.69 Å². The number of thioether (sulfide) groups is 1. The van der Waals surface area contributed by atoms with Crippen LogP contribution >= 0.6 is 11.8 Å². The van der Waals surface area contributed by atoms with E-state index in [1.807, 2.05) is 39.0 Å². The molecule has 0 spiro atoms. The number of carbonyl (C=O) groups is 1. The molecule has 0 aliphatic heterocycles. The topological polar surface area (TPSA) is 93.8 Å². The van der Waals surface area contributed by atoms with Gasteiger partial charge in [0.2, 0.25) is 11.9 Å². The first kappa shape index (κ1) is 16.2. The number of benzene rings is 1. The molecule has 116 valence electrons. The number of aromatic nitrogens is 3. The molecule has 1 aromatic heterocycles. The Morgan fingerprint density at radius 1 is 1.36 bits per heavy atom.